The standard InChI is InChI=1S/C22H30N4OS.HI/c1-23-22(24-10-15-28-21-8-3-2-4-9-21)25-17-19-6-5-7-20(16-19)18-26-11-13-27-14-12-26;/h2-9,16H,10-15,17-18H2,1H3,(H2,23,24,25);1H. The predicted octanol–water partition coefficient (Wildman–Crippen LogP) is 3.59. The van der Waals surface area contributed by atoms with Gasteiger partial charge in [0.2, 0.25) is 0 Å². The highest BCUT2D eigenvalue weighted by Gasteiger charge is 2.10. The highest BCUT2D eigenvalue weighted by atomic mass is 127. The maximum atomic E-state index is 5.43. The van der Waals surface area contributed by atoms with Crippen molar-refractivity contribution in [3.8, 4) is 0 Å². The molecular weight excluding hydrogens is 495 g/mol. The van der Waals surface area contributed by atoms with Crippen LogP contribution in [0.4, 0.5) is 0 Å². The molecule has 1 saturated heterocycles. The first kappa shape index (κ1) is 24.0. The van der Waals surface area contributed by atoms with Crippen LogP contribution in [-0.4, -0.2) is 56.5 Å². The molecule has 1 fully saturated rings. The number of benzene rings is 2. The first-order valence-corrected chi connectivity index (χ1v) is 10.8. The summed E-state index contributed by atoms with van der Waals surface area (Å²) >= 11 is 1.85. The number of hydrogen-bond donors (Lipinski definition) is 2. The van der Waals surface area contributed by atoms with Crippen LogP contribution in [0, 0.1) is 0 Å². The lowest BCUT2D eigenvalue weighted by Gasteiger charge is -2.26. The summed E-state index contributed by atoms with van der Waals surface area (Å²) in [6, 6.07) is 19.3. The van der Waals surface area contributed by atoms with Crippen molar-refractivity contribution in [2.45, 2.75) is 18.0 Å². The fraction of sp³-hybridized carbons (Fsp3) is 0.409. The van der Waals surface area contributed by atoms with Crippen molar-refractivity contribution in [3.63, 3.8) is 0 Å². The van der Waals surface area contributed by atoms with Crippen LogP contribution in [0.2, 0.25) is 0 Å². The molecule has 0 amide bonds. The fourth-order valence-electron chi connectivity index (χ4n) is 3.12. The van der Waals surface area contributed by atoms with Crippen molar-refractivity contribution in [2.75, 3.05) is 45.6 Å². The number of ether oxygens (including phenoxy) is 1. The molecule has 158 valence electrons. The van der Waals surface area contributed by atoms with Crippen molar-refractivity contribution in [2.24, 2.45) is 4.99 Å². The second-order valence-corrected chi connectivity index (χ2v) is 7.89. The van der Waals surface area contributed by atoms with Gasteiger partial charge in [0.25, 0.3) is 0 Å². The van der Waals surface area contributed by atoms with Gasteiger partial charge >= 0.3 is 0 Å². The third kappa shape index (κ3) is 8.94. The second-order valence-electron chi connectivity index (χ2n) is 6.72. The van der Waals surface area contributed by atoms with Crippen molar-refractivity contribution >= 4 is 41.7 Å². The average molecular weight is 526 g/mol. The molecule has 2 aromatic carbocycles. The Hall–Kier alpha value is -1.29. The number of nitrogens with zero attached hydrogens (tertiary/aromatic N) is 2. The van der Waals surface area contributed by atoms with Crippen LogP contribution in [-0.2, 0) is 17.8 Å². The van der Waals surface area contributed by atoms with Gasteiger partial charge in [0.05, 0.1) is 13.2 Å². The van der Waals surface area contributed by atoms with Gasteiger partial charge in [-0.15, -0.1) is 35.7 Å². The minimum Gasteiger partial charge on any atom is -0.379 e. The number of morpholine rings is 1. The Morgan fingerprint density at radius 3 is 2.55 bits per heavy atom. The van der Waals surface area contributed by atoms with E-state index in [1.54, 1.807) is 0 Å². The van der Waals surface area contributed by atoms with Crippen molar-refractivity contribution in [1.29, 1.82) is 0 Å². The van der Waals surface area contributed by atoms with Gasteiger partial charge in [-0.3, -0.25) is 9.89 Å². The molecule has 0 radical (unpaired) electrons. The third-order valence-electron chi connectivity index (χ3n) is 4.59. The molecule has 1 heterocycles. The first-order valence-electron chi connectivity index (χ1n) is 9.84. The predicted molar refractivity (Wildman–Crippen MR) is 133 cm³/mol. The number of hydrogen-bond acceptors (Lipinski definition) is 4. The first-order chi connectivity index (χ1) is 13.8. The largest absolute Gasteiger partial charge is 0.379 e. The van der Waals surface area contributed by atoms with Crippen LogP contribution < -0.4 is 10.6 Å². The molecule has 0 aliphatic carbocycles. The molecule has 0 unspecified atom stereocenters. The maximum Gasteiger partial charge on any atom is 0.191 e. The van der Waals surface area contributed by atoms with Crippen LogP contribution in [0.3, 0.4) is 0 Å². The summed E-state index contributed by atoms with van der Waals surface area (Å²) in [4.78, 5) is 8.07. The SMILES string of the molecule is CN=C(NCCSc1ccccc1)NCc1cccc(CN2CCOCC2)c1.I. The van der Waals surface area contributed by atoms with Crippen LogP contribution in [0.1, 0.15) is 11.1 Å². The van der Waals surface area contributed by atoms with Crippen LogP contribution in [0.5, 0.6) is 0 Å². The van der Waals surface area contributed by atoms with E-state index < -0.39 is 0 Å². The number of aliphatic imine (C=N–C) groups is 1. The van der Waals surface area contributed by atoms with Gasteiger partial charge in [-0.1, -0.05) is 42.5 Å². The molecule has 7 heteroatoms. The van der Waals surface area contributed by atoms with E-state index in [0.717, 1.165) is 57.6 Å². The quantitative estimate of drug-likeness (QED) is 0.181. The Bertz CT molecular complexity index is 739. The van der Waals surface area contributed by atoms with E-state index in [2.05, 4.69) is 69.1 Å². The highest BCUT2D eigenvalue weighted by molar-refractivity contribution is 14.0. The van der Waals surface area contributed by atoms with E-state index >= 15 is 0 Å². The fourth-order valence-corrected chi connectivity index (χ4v) is 3.91. The van der Waals surface area contributed by atoms with Crippen LogP contribution in [0.25, 0.3) is 0 Å². The van der Waals surface area contributed by atoms with Gasteiger partial charge in [0.15, 0.2) is 5.96 Å². The van der Waals surface area contributed by atoms with Gasteiger partial charge in [0, 0.05) is 50.4 Å². The normalized spacial score (nSPS) is 14.9. The molecule has 1 aliphatic heterocycles. The van der Waals surface area contributed by atoms with Crippen LogP contribution in [0.15, 0.2) is 64.5 Å². The number of halogens is 1. The lowest BCUT2D eigenvalue weighted by atomic mass is 10.1. The molecule has 3 rings (SSSR count). The monoisotopic (exact) mass is 526 g/mol. The summed E-state index contributed by atoms with van der Waals surface area (Å²) in [5.41, 5.74) is 2.62. The number of thioether (sulfide) groups is 1. The maximum absolute atomic E-state index is 5.43. The molecule has 2 aromatic rings. The van der Waals surface area contributed by atoms with Crippen molar-refractivity contribution in [3.05, 3.63) is 65.7 Å². The number of nitrogens with one attached hydrogen (secondary N) is 2. The van der Waals surface area contributed by atoms with Gasteiger partial charge in [-0.2, -0.15) is 0 Å². The van der Waals surface area contributed by atoms with E-state index in [1.807, 2.05) is 24.9 Å². The molecular formula is C22H31IN4OS. The average Bonchev–Trinajstić information content (AvgIpc) is 2.75. The van der Waals surface area contributed by atoms with Gasteiger partial charge in [-0.25, -0.2) is 0 Å². The van der Waals surface area contributed by atoms with Gasteiger partial charge in [-0.05, 0) is 23.3 Å². The topological polar surface area (TPSA) is 48.9 Å². The summed E-state index contributed by atoms with van der Waals surface area (Å²) in [7, 11) is 1.81. The summed E-state index contributed by atoms with van der Waals surface area (Å²) < 4.78 is 5.43. The molecule has 5 nitrogen and oxygen atoms in total. The summed E-state index contributed by atoms with van der Waals surface area (Å²) in [6.07, 6.45) is 0. The minimum atomic E-state index is 0. The molecule has 0 saturated carbocycles. The second kappa shape index (κ2) is 13.8. The summed E-state index contributed by atoms with van der Waals surface area (Å²) in [5.74, 6) is 1.84. The molecule has 0 bridgehead atoms. The minimum absolute atomic E-state index is 0. The van der Waals surface area contributed by atoms with Crippen LogP contribution >= 0.6 is 35.7 Å². The number of rotatable bonds is 8. The van der Waals surface area contributed by atoms with E-state index in [1.165, 1.54) is 16.0 Å². The third-order valence-corrected chi connectivity index (χ3v) is 5.61. The molecule has 0 atom stereocenters. The zero-order valence-electron chi connectivity index (χ0n) is 17.0. The van der Waals surface area contributed by atoms with Crippen molar-refractivity contribution in [1.82, 2.24) is 15.5 Å². The Balaban J connectivity index is 0.00000300. The Kier molecular flexibility index (Phi) is 11.5. The Labute approximate surface area is 195 Å². The molecule has 29 heavy (non-hydrogen) atoms. The Morgan fingerprint density at radius 1 is 1.03 bits per heavy atom. The summed E-state index contributed by atoms with van der Waals surface area (Å²) in [5, 5.41) is 6.80. The molecule has 2 N–H and O–H groups in total. The van der Waals surface area contributed by atoms with E-state index in [0.29, 0.717) is 0 Å². The van der Waals surface area contributed by atoms with E-state index in [4.69, 9.17) is 4.74 Å². The molecule has 0 aromatic heterocycles. The highest BCUT2D eigenvalue weighted by Crippen LogP contribution is 2.15. The zero-order valence-corrected chi connectivity index (χ0v) is 20.1. The lowest BCUT2D eigenvalue weighted by molar-refractivity contribution is 0.0342. The molecule has 1 aliphatic rings. The van der Waals surface area contributed by atoms with Gasteiger partial charge < -0.3 is 15.4 Å². The zero-order chi connectivity index (χ0) is 19.4. The number of guanidine groups is 1. The van der Waals surface area contributed by atoms with Gasteiger partial charge in [0.1, 0.15) is 0 Å². The lowest BCUT2D eigenvalue weighted by Crippen LogP contribution is -2.38. The Morgan fingerprint density at radius 2 is 1.79 bits per heavy atom. The summed E-state index contributed by atoms with van der Waals surface area (Å²) in [6.45, 7) is 6.33. The van der Waals surface area contributed by atoms with E-state index in [9.17, 15) is 0 Å². The smallest absolute Gasteiger partial charge is 0.191 e. The molecule has 0 spiro atoms. The van der Waals surface area contributed by atoms with E-state index in [-0.39, 0.29) is 24.0 Å². The van der Waals surface area contributed by atoms with Crippen molar-refractivity contribution < 1.29 is 4.74 Å².